The fraction of sp³-hybridized carbons (Fsp3) is 0.154. The molecule has 2 aromatic heterocycles. The molecule has 0 amide bonds. The molecule has 0 aliphatic heterocycles. The van der Waals surface area contributed by atoms with Gasteiger partial charge in [-0.2, -0.15) is 23.3 Å². The van der Waals surface area contributed by atoms with Gasteiger partial charge in [-0.3, -0.25) is 0 Å². The SMILES string of the molecule is Nc1nc(Cl)c2cnn(Cc3cc(Cl)cc(C(F)(F)F)c3F)c2n1. The molecule has 0 radical (unpaired) electrons. The predicted octanol–water partition coefficient (Wildman–Crippen LogP) is 3.92. The Morgan fingerprint density at radius 1 is 1.17 bits per heavy atom. The van der Waals surface area contributed by atoms with Crippen molar-refractivity contribution in [3.63, 3.8) is 0 Å². The molecule has 11 heteroatoms. The van der Waals surface area contributed by atoms with Crippen molar-refractivity contribution in [2.45, 2.75) is 12.7 Å². The van der Waals surface area contributed by atoms with Crippen LogP contribution in [0, 0.1) is 5.82 Å². The predicted molar refractivity (Wildman–Crippen MR) is 80.3 cm³/mol. The summed E-state index contributed by atoms with van der Waals surface area (Å²) in [5.74, 6) is -1.57. The van der Waals surface area contributed by atoms with Gasteiger partial charge >= 0.3 is 6.18 Å². The molecule has 0 aliphatic rings. The molecule has 0 saturated carbocycles. The number of hydrogen-bond acceptors (Lipinski definition) is 4. The molecule has 0 fully saturated rings. The molecule has 0 bridgehead atoms. The number of halogens is 6. The van der Waals surface area contributed by atoms with Crippen LogP contribution in [-0.4, -0.2) is 19.7 Å². The Hall–Kier alpha value is -2.13. The average Bonchev–Trinajstić information content (AvgIpc) is 2.84. The van der Waals surface area contributed by atoms with Gasteiger partial charge in [-0.25, -0.2) is 14.1 Å². The van der Waals surface area contributed by atoms with Gasteiger partial charge in [0.25, 0.3) is 0 Å². The van der Waals surface area contributed by atoms with Crippen molar-refractivity contribution in [1.82, 2.24) is 19.7 Å². The van der Waals surface area contributed by atoms with Gasteiger partial charge in [-0.1, -0.05) is 23.2 Å². The number of aromatic nitrogens is 4. The van der Waals surface area contributed by atoms with E-state index in [0.29, 0.717) is 11.5 Å². The van der Waals surface area contributed by atoms with Crippen molar-refractivity contribution >= 4 is 40.2 Å². The molecule has 0 atom stereocenters. The van der Waals surface area contributed by atoms with Gasteiger partial charge in [0.15, 0.2) is 5.65 Å². The summed E-state index contributed by atoms with van der Waals surface area (Å²) in [6, 6.07) is 1.62. The van der Waals surface area contributed by atoms with Gasteiger partial charge in [0.05, 0.1) is 23.7 Å². The van der Waals surface area contributed by atoms with E-state index in [-0.39, 0.29) is 33.9 Å². The van der Waals surface area contributed by atoms with E-state index in [9.17, 15) is 17.6 Å². The second-order valence-corrected chi connectivity index (χ2v) is 5.63. The number of nitrogens with two attached hydrogens (primary N) is 1. The zero-order valence-electron chi connectivity index (χ0n) is 11.6. The summed E-state index contributed by atoms with van der Waals surface area (Å²) in [5, 5.41) is 4.06. The third-order valence-electron chi connectivity index (χ3n) is 3.21. The summed E-state index contributed by atoms with van der Waals surface area (Å²) in [6.07, 6.45) is -3.56. The number of alkyl halides is 3. The molecule has 3 aromatic rings. The molecule has 0 aliphatic carbocycles. The maximum atomic E-state index is 14.2. The third-order valence-corrected chi connectivity index (χ3v) is 3.71. The van der Waals surface area contributed by atoms with Gasteiger partial charge in [0.2, 0.25) is 5.95 Å². The normalized spacial score (nSPS) is 12.1. The number of anilines is 1. The zero-order valence-corrected chi connectivity index (χ0v) is 13.1. The monoisotopic (exact) mass is 379 g/mol. The van der Waals surface area contributed by atoms with Gasteiger partial charge in [0.1, 0.15) is 11.0 Å². The van der Waals surface area contributed by atoms with Crippen molar-refractivity contribution in [3.05, 3.63) is 45.4 Å². The Kier molecular flexibility index (Phi) is 4.00. The molecule has 126 valence electrons. The molecule has 3 rings (SSSR count). The molecule has 0 unspecified atom stereocenters. The van der Waals surface area contributed by atoms with Crippen molar-refractivity contribution in [2.75, 3.05) is 5.73 Å². The van der Waals surface area contributed by atoms with Crippen LogP contribution >= 0.6 is 23.2 Å². The fourth-order valence-electron chi connectivity index (χ4n) is 2.18. The van der Waals surface area contributed by atoms with E-state index in [0.717, 1.165) is 10.7 Å². The van der Waals surface area contributed by atoms with Crippen molar-refractivity contribution in [2.24, 2.45) is 0 Å². The minimum absolute atomic E-state index is 0.0336. The van der Waals surface area contributed by atoms with Crippen molar-refractivity contribution in [1.29, 1.82) is 0 Å². The quantitative estimate of drug-likeness (QED) is 0.541. The Balaban J connectivity index is 2.11. The second kappa shape index (κ2) is 5.75. The van der Waals surface area contributed by atoms with Crippen LogP contribution in [0.5, 0.6) is 0 Å². The van der Waals surface area contributed by atoms with Crippen molar-refractivity contribution < 1.29 is 17.6 Å². The van der Waals surface area contributed by atoms with Crippen LogP contribution in [-0.2, 0) is 12.7 Å². The Labute approximate surface area is 142 Å². The molecule has 5 nitrogen and oxygen atoms in total. The zero-order chi connectivity index (χ0) is 17.6. The average molecular weight is 380 g/mol. The largest absolute Gasteiger partial charge is 0.419 e. The van der Waals surface area contributed by atoms with Crippen LogP contribution in [0.15, 0.2) is 18.3 Å². The van der Waals surface area contributed by atoms with Crippen LogP contribution < -0.4 is 5.73 Å². The Bertz CT molecular complexity index is 938. The molecule has 1 aromatic carbocycles. The summed E-state index contributed by atoms with van der Waals surface area (Å²) >= 11 is 11.6. The van der Waals surface area contributed by atoms with Gasteiger partial charge in [-0.15, -0.1) is 0 Å². The first-order chi connectivity index (χ1) is 11.2. The van der Waals surface area contributed by atoms with E-state index in [2.05, 4.69) is 15.1 Å². The van der Waals surface area contributed by atoms with Gasteiger partial charge < -0.3 is 5.73 Å². The summed E-state index contributed by atoms with van der Waals surface area (Å²) in [7, 11) is 0. The van der Waals surface area contributed by atoms with Gasteiger partial charge in [0, 0.05) is 10.6 Å². The first-order valence-corrected chi connectivity index (χ1v) is 7.12. The Morgan fingerprint density at radius 2 is 1.88 bits per heavy atom. The van der Waals surface area contributed by atoms with Crippen LogP contribution in [0.25, 0.3) is 11.0 Å². The highest BCUT2D eigenvalue weighted by Crippen LogP contribution is 2.35. The maximum absolute atomic E-state index is 14.2. The van der Waals surface area contributed by atoms with Crippen LogP contribution in [0.3, 0.4) is 0 Å². The minimum Gasteiger partial charge on any atom is -0.368 e. The molecule has 2 N–H and O–H groups in total. The summed E-state index contributed by atoms with van der Waals surface area (Å²) in [4.78, 5) is 7.66. The highest BCUT2D eigenvalue weighted by molar-refractivity contribution is 6.34. The number of benzene rings is 1. The van der Waals surface area contributed by atoms with E-state index in [1.165, 1.54) is 6.20 Å². The fourth-order valence-corrected chi connectivity index (χ4v) is 2.64. The summed E-state index contributed by atoms with van der Waals surface area (Å²) < 4.78 is 54.0. The lowest BCUT2D eigenvalue weighted by molar-refractivity contribution is -0.140. The topological polar surface area (TPSA) is 69.6 Å². The van der Waals surface area contributed by atoms with E-state index in [1.54, 1.807) is 0 Å². The van der Waals surface area contributed by atoms with Gasteiger partial charge in [-0.05, 0) is 12.1 Å². The summed E-state index contributed by atoms with van der Waals surface area (Å²) in [6.45, 7) is -0.342. The number of fused-ring (bicyclic) bond motifs is 1. The highest BCUT2D eigenvalue weighted by atomic mass is 35.5. The first kappa shape index (κ1) is 16.7. The lowest BCUT2D eigenvalue weighted by Crippen LogP contribution is -2.12. The maximum Gasteiger partial charge on any atom is 0.419 e. The van der Waals surface area contributed by atoms with E-state index in [1.807, 2.05) is 0 Å². The molecule has 2 heterocycles. The van der Waals surface area contributed by atoms with Crippen LogP contribution in [0.1, 0.15) is 11.1 Å². The molecule has 24 heavy (non-hydrogen) atoms. The van der Waals surface area contributed by atoms with Crippen LogP contribution in [0.4, 0.5) is 23.5 Å². The highest BCUT2D eigenvalue weighted by Gasteiger charge is 2.35. The Morgan fingerprint density at radius 3 is 2.54 bits per heavy atom. The van der Waals surface area contributed by atoms with E-state index >= 15 is 0 Å². The lowest BCUT2D eigenvalue weighted by atomic mass is 10.1. The number of hydrogen-bond donors (Lipinski definition) is 1. The van der Waals surface area contributed by atoms with Crippen LogP contribution in [0.2, 0.25) is 10.2 Å². The minimum atomic E-state index is -4.87. The molecule has 0 saturated heterocycles. The molecule has 0 spiro atoms. The van der Waals surface area contributed by atoms with E-state index in [4.69, 9.17) is 28.9 Å². The lowest BCUT2D eigenvalue weighted by Gasteiger charge is -2.12. The van der Waals surface area contributed by atoms with E-state index < -0.39 is 17.6 Å². The third kappa shape index (κ3) is 2.96. The standard InChI is InChI=1S/C13H7Cl2F4N5/c14-6-1-5(9(16)8(2-6)13(17,18)19)4-24-11-7(3-21-24)10(15)22-12(20)23-11/h1-3H,4H2,(H2,20,22,23). The van der Waals surface area contributed by atoms with Crippen molar-refractivity contribution in [3.8, 4) is 0 Å². The summed E-state index contributed by atoms with van der Waals surface area (Å²) in [5.41, 5.74) is 3.91. The molecular weight excluding hydrogens is 373 g/mol. The molecular formula is C13H7Cl2F4N5. The number of rotatable bonds is 2. The smallest absolute Gasteiger partial charge is 0.368 e. The first-order valence-electron chi connectivity index (χ1n) is 6.36. The number of nitrogens with zero attached hydrogens (tertiary/aromatic N) is 4. The second-order valence-electron chi connectivity index (χ2n) is 4.84. The number of nitrogen functional groups attached to an aromatic ring is 1.